The van der Waals surface area contributed by atoms with Gasteiger partial charge in [-0.3, -0.25) is 9.80 Å². The molecule has 2 N–H and O–H groups in total. The fourth-order valence-corrected chi connectivity index (χ4v) is 2.19. The molecule has 18 heavy (non-hydrogen) atoms. The van der Waals surface area contributed by atoms with Crippen molar-refractivity contribution in [3.05, 3.63) is 0 Å². The summed E-state index contributed by atoms with van der Waals surface area (Å²) in [6.45, 7) is 14.9. The lowest BCUT2D eigenvalue weighted by molar-refractivity contribution is 0.0619. The molecule has 0 saturated carbocycles. The Balaban J connectivity index is 2.02. The van der Waals surface area contributed by atoms with Crippen molar-refractivity contribution in [2.75, 3.05) is 52.5 Å². The van der Waals surface area contributed by atoms with Gasteiger partial charge in [-0.15, -0.1) is 0 Å². The van der Waals surface area contributed by atoms with Gasteiger partial charge in [0, 0.05) is 51.9 Å². The number of rotatable bonds is 8. The molecule has 0 aliphatic carbocycles. The Morgan fingerprint density at radius 3 is 2.28 bits per heavy atom. The molecule has 1 heterocycles. The van der Waals surface area contributed by atoms with Gasteiger partial charge < -0.3 is 10.5 Å². The van der Waals surface area contributed by atoms with E-state index in [1.165, 1.54) is 6.42 Å². The van der Waals surface area contributed by atoms with E-state index in [1.807, 2.05) is 0 Å². The van der Waals surface area contributed by atoms with Gasteiger partial charge in [0.15, 0.2) is 0 Å². The van der Waals surface area contributed by atoms with Crippen LogP contribution in [0.25, 0.3) is 0 Å². The van der Waals surface area contributed by atoms with Gasteiger partial charge in [-0.25, -0.2) is 0 Å². The van der Waals surface area contributed by atoms with Crippen molar-refractivity contribution in [1.82, 2.24) is 9.80 Å². The van der Waals surface area contributed by atoms with Gasteiger partial charge in [-0.1, -0.05) is 13.8 Å². The molecule has 1 atom stereocenters. The fraction of sp³-hybridized carbons (Fsp3) is 1.00. The van der Waals surface area contributed by atoms with Crippen molar-refractivity contribution < 1.29 is 4.74 Å². The minimum absolute atomic E-state index is 0.523. The average molecular weight is 257 g/mol. The molecule has 0 spiro atoms. The third-order valence-electron chi connectivity index (χ3n) is 3.76. The Kier molecular flexibility index (Phi) is 7.82. The van der Waals surface area contributed by atoms with Crippen molar-refractivity contribution >= 4 is 0 Å². The normalized spacial score (nSPS) is 20.5. The maximum Gasteiger partial charge on any atom is 0.0593 e. The molecule has 108 valence electrons. The summed E-state index contributed by atoms with van der Waals surface area (Å²) in [7, 11) is 0. The fourth-order valence-electron chi connectivity index (χ4n) is 2.19. The second-order valence-corrected chi connectivity index (χ2v) is 5.76. The largest absolute Gasteiger partial charge is 0.380 e. The van der Waals surface area contributed by atoms with Crippen molar-refractivity contribution in [3.63, 3.8) is 0 Å². The van der Waals surface area contributed by atoms with Crippen LogP contribution in [-0.4, -0.2) is 68.3 Å². The topological polar surface area (TPSA) is 41.7 Å². The molecule has 0 amide bonds. The highest BCUT2D eigenvalue weighted by Crippen LogP contribution is 2.05. The monoisotopic (exact) mass is 257 g/mol. The summed E-state index contributed by atoms with van der Waals surface area (Å²) in [6, 6.07) is 0.523. The van der Waals surface area contributed by atoms with Crippen LogP contribution >= 0.6 is 0 Å². The van der Waals surface area contributed by atoms with Crippen LogP contribution in [0.2, 0.25) is 0 Å². The standard InChI is InChI=1S/C14H31N3O/c1-13(2)4-10-18-11-9-16-5-7-17(8-6-16)14(3)12-15/h13-14H,4-12,15H2,1-3H3. The van der Waals surface area contributed by atoms with E-state index in [4.69, 9.17) is 10.5 Å². The Labute approximate surface area is 112 Å². The lowest BCUT2D eigenvalue weighted by Gasteiger charge is -2.37. The maximum absolute atomic E-state index is 5.70. The van der Waals surface area contributed by atoms with E-state index in [1.54, 1.807) is 0 Å². The molecule has 0 aromatic heterocycles. The molecule has 1 aliphatic rings. The van der Waals surface area contributed by atoms with Crippen LogP contribution in [0, 0.1) is 5.92 Å². The summed E-state index contributed by atoms with van der Waals surface area (Å²) >= 11 is 0. The summed E-state index contributed by atoms with van der Waals surface area (Å²) in [6.07, 6.45) is 1.17. The molecule has 1 aliphatic heterocycles. The van der Waals surface area contributed by atoms with Crippen LogP contribution in [0.4, 0.5) is 0 Å². The van der Waals surface area contributed by atoms with Crippen molar-refractivity contribution in [2.24, 2.45) is 11.7 Å². The second-order valence-electron chi connectivity index (χ2n) is 5.76. The van der Waals surface area contributed by atoms with Gasteiger partial charge in [0.1, 0.15) is 0 Å². The Morgan fingerprint density at radius 1 is 1.06 bits per heavy atom. The van der Waals surface area contributed by atoms with Crippen molar-refractivity contribution in [2.45, 2.75) is 33.2 Å². The molecular weight excluding hydrogens is 226 g/mol. The summed E-state index contributed by atoms with van der Waals surface area (Å²) in [5, 5.41) is 0. The lowest BCUT2D eigenvalue weighted by atomic mass is 10.1. The first-order chi connectivity index (χ1) is 8.63. The van der Waals surface area contributed by atoms with Crippen LogP contribution in [-0.2, 0) is 4.74 Å². The van der Waals surface area contributed by atoms with Gasteiger partial charge >= 0.3 is 0 Å². The van der Waals surface area contributed by atoms with Crippen molar-refractivity contribution in [1.29, 1.82) is 0 Å². The van der Waals surface area contributed by atoms with Crippen LogP contribution in [0.15, 0.2) is 0 Å². The minimum Gasteiger partial charge on any atom is -0.380 e. The van der Waals surface area contributed by atoms with Gasteiger partial charge in [-0.2, -0.15) is 0 Å². The molecular formula is C14H31N3O. The maximum atomic E-state index is 5.70. The number of piperazine rings is 1. The molecule has 0 radical (unpaired) electrons. The van der Waals surface area contributed by atoms with Gasteiger partial charge in [0.25, 0.3) is 0 Å². The molecule has 0 aromatic carbocycles. The van der Waals surface area contributed by atoms with E-state index in [2.05, 4.69) is 30.6 Å². The molecule has 1 unspecified atom stereocenters. The third kappa shape index (κ3) is 6.14. The SMILES string of the molecule is CC(C)CCOCCN1CCN(C(C)CN)CC1. The summed E-state index contributed by atoms with van der Waals surface area (Å²) in [4.78, 5) is 4.98. The molecule has 1 rings (SSSR count). The smallest absolute Gasteiger partial charge is 0.0593 e. The van der Waals surface area contributed by atoms with Crippen LogP contribution in [0.1, 0.15) is 27.2 Å². The van der Waals surface area contributed by atoms with Gasteiger partial charge in [0.05, 0.1) is 6.61 Å². The highest BCUT2D eigenvalue weighted by molar-refractivity contribution is 4.76. The quantitative estimate of drug-likeness (QED) is 0.659. The third-order valence-corrected chi connectivity index (χ3v) is 3.76. The van der Waals surface area contributed by atoms with Gasteiger partial charge in [-0.05, 0) is 19.3 Å². The number of ether oxygens (including phenoxy) is 1. The number of hydrogen-bond acceptors (Lipinski definition) is 4. The van der Waals surface area contributed by atoms with Crippen LogP contribution in [0.5, 0.6) is 0 Å². The van der Waals surface area contributed by atoms with E-state index < -0.39 is 0 Å². The number of hydrogen-bond donors (Lipinski definition) is 1. The molecule has 0 bridgehead atoms. The second kappa shape index (κ2) is 8.86. The first-order valence-corrected chi connectivity index (χ1v) is 7.37. The Hall–Kier alpha value is -0.160. The molecule has 4 nitrogen and oxygen atoms in total. The number of nitrogens with two attached hydrogens (primary N) is 1. The van der Waals surface area contributed by atoms with Crippen molar-refractivity contribution in [3.8, 4) is 0 Å². The Morgan fingerprint density at radius 2 is 1.72 bits per heavy atom. The highest BCUT2D eigenvalue weighted by Gasteiger charge is 2.19. The average Bonchev–Trinajstić information content (AvgIpc) is 2.38. The molecule has 4 heteroatoms. The van der Waals surface area contributed by atoms with Crippen LogP contribution < -0.4 is 5.73 Å². The summed E-state index contributed by atoms with van der Waals surface area (Å²) in [5.74, 6) is 0.742. The zero-order valence-corrected chi connectivity index (χ0v) is 12.4. The number of nitrogens with zero attached hydrogens (tertiary/aromatic N) is 2. The first kappa shape index (κ1) is 15.9. The zero-order chi connectivity index (χ0) is 13.4. The molecule has 0 aromatic rings. The van der Waals surface area contributed by atoms with E-state index in [0.29, 0.717) is 6.04 Å². The molecule has 1 saturated heterocycles. The lowest BCUT2D eigenvalue weighted by Crippen LogP contribution is -2.51. The predicted molar refractivity (Wildman–Crippen MR) is 76.8 cm³/mol. The predicted octanol–water partition coefficient (Wildman–Crippen LogP) is 1.01. The summed E-state index contributed by atoms with van der Waals surface area (Å²) in [5.41, 5.74) is 5.70. The first-order valence-electron chi connectivity index (χ1n) is 7.37. The molecule has 1 fully saturated rings. The summed E-state index contributed by atoms with van der Waals surface area (Å²) < 4.78 is 5.67. The van der Waals surface area contributed by atoms with E-state index in [0.717, 1.165) is 58.4 Å². The Bertz CT molecular complexity index is 203. The van der Waals surface area contributed by atoms with E-state index in [-0.39, 0.29) is 0 Å². The highest BCUT2D eigenvalue weighted by atomic mass is 16.5. The van der Waals surface area contributed by atoms with E-state index in [9.17, 15) is 0 Å². The minimum atomic E-state index is 0.523. The van der Waals surface area contributed by atoms with Gasteiger partial charge in [0.2, 0.25) is 0 Å². The zero-order valence-electron chi connectivity index (χ0n) is 12.4. The van der Waals surface area contributed by atoms with Crippen LogP contribution in [0.3, 0.4) is 0 Å². The van der Waals surface area contributed by atoms with E-state index >= 15 is 0 Å².